The molecule has 2 heterocycles. The van der Waals surface area contributed by atoms with Crippen molar-refractivity contribution in [2.75, 3.05) is 5.32 Å². The highest BCUT2D eigenvalue weighted by Crippen LogP contribution is 2.34. The van der Waals surface area contributed by atoms with Crippen LogP contribution in [-0.4, -0.2) is 15.1 Å². The molecule has 2 aromatic carbocycles. The fraction of sp³-hybridized carbons (Fsp3) is 0.0556. The number of fused-ring (bicyclic) bond motifs is 1. The Morgan fingerprint density at radius 1 is 1.15 bits per heavy atom. The van der Waals surface area contributed by atoms with Crippen molar-refractivity contribution >= 4 is 34.1 Å². The van der Waals surface area contributed by atoms with Crippen LogP contribution in [0.5, 0.6) is 5.75 Å². The predicted octanol–water partition coefficient (Wildman–Crippen LogP) is 4.73. The standard InChI is InChI=1S/C18H12ClFN4O2/c19-14-5-4-12(20)6-11(14)9-25-15-2-1-3-16-17(15)18(24-26-16)23-13-7-21-10-22-8-13/h1-8,10H,9H2,(H,23,24). The molecule has 0 atom stereocenters. The maximum Gasteiger partial charge on any atom is 0.185 e. The molecule has 0 aliphatic carbocycles. The molecule has 0 radical (unpaired) electrons. The molecule has 0 unspecified atom stereocenters. The molecule has 8 heteroatoms. The van der Waals surface area contributed by atoms with Crippen molar-refractivity contribution in [2.24, 2.45) is 0 Å². The van der Waals surface area contributed by atoms with E-state index < -0.39 is 0 Å². The molecule has 4 aromatic rings. The van der Waals surface area contributed by atoms with E-state index in [-0.39, 0.29) is 12.4 Å². The highest BCUT2D eigenvalue weighted by molar-refractivity contribution is 6.31. The molecule has 0 saturated carbocycles. The number of nitrogens with one attached hydrogen (secondary N) is 1. The third-order valence-electron chi connectivity index (χ3n) is 3.67. The zero-order chi connectivity index (χ0) is 17.9. The van der Waals surface area contributed by atoms with Crippen molar-refractivity contribution in [3.8, 4) is 5.75 Å². The largest absolute Gasteiger partial charge is 0.488 e. The molecule has 6 nitrogen and oxygen atoms in total. The van der Waals surface area contributed by atoms with Gasteiger partial charge in [0.2, 0.25) is 0 Å². The second-order valence-corrected chi connectivity index (χ2v) is 5.84. The van der Waals surface area contributed by atoms with Crippen molar-refractivity contribution in [3.05, 3.63) is 71.5 Å². The molecule has 0 bridgehead atoms. The summed E-state index contributed by atoms with van der Waals surface area (Å²) >= 11 is 6.09. The van der Waals surface area contributed by atoms with E-state index in [9.17, 15) is 4.39 Å². The van der Waals surface area contributed by atoms with Gasteiger partial charge in [-0.1, -0.05) is 22.8 Å². The third kappa shape index (κ3) is 3.29. The highest BCUT2D eigenvalue weighted by atomic mass is 35.5. The molecule has 0 saturated heterocycles. The summed E-state index contributed by atoms with van der Waals surface area (Å²) in [5, 5.41) is 8.21. The molecule has 0 aliphatic heterocycles. The van der Waals surface area contributed by atoms with E-state index in [0.717, 1.165) is 0 Å². The van der Waals surface area contributed by atoms with Crippen molar-refractivity contribution < 1.29 is 13.7 Å². The summed E-state index contributed by atoms with van der Waals surface area (Å²) in [5.41, 5.74) is 1.75. The number of nitrogens with zero attached hydrogens (tertiary/aromatic N) is 3. The number of anilines is 2. The van der Waals surface area contributed by atoms with Gasteiger partial charge < -0.3 is 14.6 Å². The van der Waals surface area contributed by atoms with Crippen LogP contribution in [0, 0.1) is 5.82 Å². The number of hydrogen-bond donors (Lipinski definition) is 1. The van der Waals surface area contributed by atoms with E-state index >= 15 is 0 Å². The van der Waals surface area contributed by atoms with Gasteiger partial charge in [-0.05, 0) is 30.3 Å². The first-order valence-corrected chi connectivity index (χ1v) is 8.05. The predicted molar refractivity (Wildman–Crippen MR) is 95.1 cm³/mol. The zero-order valence-electron chi connectivity index (χ0n) is 13.3. The normalized spacial score (nSPS) is 10.8. The number of hydrogen-bond acceptors (Lipinski definition) is 6. The summed E-state index contributed by atoms with van der Waals surface area (Å²) in [7, 11) is 0. The van der Waals surface area contributed by atoms with Crippen LogP contribution in [0.15, 0.2) is 59.6 Å². The molecular formula is C18H12ClFN4O2. The lowest BCUT2D eigenvalue weighted by atomic mass is 10.2. The third-order valence-corrected chi connectivity index (χ3v) is 4.04. The second-order valence-electron chi connectivity index (χ2n) is 5.44. The molecule has 130 valence electrons. The fourth-order valence-electron chi connectivity index (χ4n) is 2.48. The molecule has 0 amide bonds. The van der Waals surface area contributed by atoms with Crippen molar-refractivity contribution in [1.29, 1.82) is 0 Å². The van der Waals surface area contributed by atoms with Gasteiger partial charge in [0, 0.05) is 10.6 Å². The molecule has 1 N–H and O–H groups in total. The highest BCUT2D eigenvalue weighted by Gasteiger charge is 2.15. The number of benzene rings is 2. The van der Waals surface area contributed by atoms with Crippen LogP contribution in [0.4, 0.5) is 15.9 Å². The van der Waals surface area contributed by atoms with Gasteiger partial charge >= 0.3 is 0 Å². The Balaban J connectivity index is 1.64. The lowest BCUT2D eigenvalue weighted by molar-refractivity contribution is 0.309. The van der Waals surface area contributed by atoms with Gasteiger partial charge in [-0.25, -0.2) is 14.4 Å². The van der Waals surface area contributed by atoms with E-state index in [1.807, 2.05) is 0 Å². The lowest BCUT2D eigenvalue weighted by Crippen LogP contribution is -1.98. The van der Waals surface area contributed by atoms with Crippen molar-refractivity contribution in [3.63, 3.8) is 0 Å². The molecule has 0 fully saturated rings. The fourth-order valence-corrected chi connectivity index (χ4v) is 2.65. The van der Waals surface area contributed by atoms with E-state index in [2.05, 4.69) is 20.4 Å². The van der Waals surface area contributed by atoms with Gasteiger partial charge in [-0.3, -0.25) is 0 Å². The minimum absolute atomic E-state index is 0.106. The molecule has 0 aliphatic rings. The zero-order valence-corrected chi connectivity index (χ0v) is 14.1. The average molecular weight is 371 g/mol. The second kappa shape index (κ2) is 6.97. The monoisotopic (exact) mass is 370 g/mol. The molecule has 26 heavy (non-hydrogen) atoms. The Morgan fingerprint density at radius 3 is 2.85 bits per heavy atom. The van der Waals surface area contributed by atoms with Gasteiger partial charge in [0.25, 0.3) is 0 Å². The van der Waals surface area contributed by atoms with Crippen LogP contribution in [0.25, 0.3) is 11.0 Å². The van der Waals surface area contributed by atoms with Crippen LogP contribution < -0.4 is 10.1 Å². The molecular weight excluding hydrogens is 359 g/mol. The summed E-state index contributed by atoms with van der Waals surface area (Å²) < 4.78 is 24.6. The Bertz CT molecular complexity index is 1060. The first-order chi connectivity index (χ1) is 12.7. The number of aromatic nitrogens is 3. The van der Waals surface area contributed by atoms with Crippen LogP contribution in [-0.2, 0) is 6.61 Å². The topological polar surface area (TPSA) is 73.1 Å². The Hall–Kier alpha value is -3.19. The van der Waals surface area contributed by atoms with E-state index in [1.54, 1.807) is 30.6 Å². The van der Waals surface area contributed by atoms with Crippen LogP contribution in [0.2, 0.25) is 5.02 Å². The minimum Gasteiger partial charge on any atom is -0.488 e. The maximum absolute atomic E-state index is 13.4. The van der Waals surface area contributed by atoms with Gasteiger partial charge in [0.05, 0.1) is 18.1 Å². The quantitative estimate of drug-likeness (QED) is 0.547. The summed E-state index contributed by atoms with van der Waals surface area (Å²) in [6.07, 6.45) is 4.66. The van der Waals surface area contributed by atoms with Crippen LogP contribution in [0.1, 0.15) is 5.56 Å². The van der Waals surface area contributed by atoms with Gasteiger partial charge in [0.1, 0.15) is 29.9 Å². The summed E-state index contributed by atoms with van der Waals surface area (Å²) in [4.78, 5) is 7.90. The van der Waals surface area contributed by atoms with Gasteiger partial charge in [0.15, 0.2) is 11.4 Å². The number of halogens is 2. The Kier molecular flexibility index (Phi) is 4.37. The van der Waals surface area contributed by atoms with E-state index in [0.29, 0.717) is 38.8 Å². The molecule has 0 spiro atoms. The van der Waals surface area contributed by atoms with Gasteiger partial charge in [-0.15, -0.1) is 0 Å². The summed E-state index contributed by atoms with van der Waals surface area (Å²) in [6, 6.07) is 9.48. The van der Waals surface area contributed by atoms with E-state index in [4.69, 9.17) is 20.9 Å². The van der Waals surface area contributed by atoms with Gasteiger partial charge in [-0.2, -0.15) is 0 Å². The number of rotatable bonds is 5. The SMILES string of the molecule is Fc1ccc(Cl)c(COc2cccc3onc(Nc4cncnc4)c23)c1. The lowest BCUT2D eigenvalue weighted by Gasteiger charge is -2.10. The smallest absolute Gasteiger partial charge is 0.185 e. The maximum atomic E-state index is 13.4. The van der Waals surface area contributed by atoms with Crippen molar-refractivity contribution in [2.45, 2.75) is 6.61 Å². The average Bonchev–Trinajstić information content (AvgIpc) is 3.07. The summed E-state index contributed by atoms with van der Waals surface area (Å²) in [5.74, 6) is 0.627. The molecule has 4 rings (SSSR count). The first-order valence-electron chi connectivity index (χ1n) is 7.68. The number of ether oxygens (including phenoxy) is 1. The summed E-state index contributed by atoms with van der Waals surface area (Å²) in [6.45, 7) is 0.106. The van der Waals surface area contributed by atoms with Crippen LogP contribution in [0.3, 0.4) is 0 Å². The first kappa shape index (κ1) is 16.3. The minimum atomic E-state index is -0.373. The Labute approximate surface area is 152 Å². The van der Waals surface area contributed by atoms with E-state index in [1.165, 1.54) is 24.5 Å². The molecule has 2 aromatic heterocycles. The van der Waals surface area contributed by atoms with Crippen LogP contribution >= 0.6 is 11.6 Å². The Morgan fingerprint density at radius 2 is 2.00 bits per heavy atom. The van der Waals surface area contributed by atoms with Crippen molar-refractivity contribution in [1.82, 2.24) is 15.1 Å².